The number of nitrogens with zero attached hydrogens (tertiary/aromatic N) is 1. The van der Waals surface area contributed by atoms with E-state index in [4.69, 9.17) is 14.2 Å². The third kappa shape index (κ3) is 12.9. The molecule has 11 heteroatoms. The van der Waals surface area contributed by atoms with E-state index in [0.29, 0.717) is 50.4 Å². The molecular weight excluding hydrogens is 674 g/mol. The molecule has 1 aliphatic carbocycles. The number of ether oxygens (including phenoxy) is 3. The van der Waals surface area contributed by atoms with Gasteiger partial charge >= 0.3 is 18.2 Å². The molecule has 2 aromatic carbocycles. The van der Waals surface area contributed by atoms with E-state index in [2.05, 4.69) is 10.6 Å². The lowest BCUT2D eigenvalue weighted by Gasteiger charge is -2.33. The molecule has 1 atom stereocenters. The van der Waals surface area contributed by atoms with Gasteiger partial charge in [0.2, 0.25) is 0 Å². The number of hydrogen-bond donors (Lipinski definition) is 2. The number of aryl methyl sites for hydroxylation is 1. The highest BCUT2D eigenvalue weighted by molar-refractivity contribution is 5.95. The molecule has 0 unspecified atom stereocenters. The van der Waals surface area contributed by atoms with Gasteiger partial charge in [-0.2, -0.15) is 0 Å². The van der Waals surface area contributed by atoms with Crippen LogP contribution in [0, 0.1) is 24.7 Å². The van der Waals surface area contributed by atoms with E-state index in [0.717, 1.165) is 47.9 Å². The molecule has 1 saturated heterocycles. The average Bonchev–Trinajstić information content (AvgIpc) is 3.09. The number of methoxy groups -OCH3 is 1. The topological polar surface area (TPSA) is 140 Å². The van der Waals surface area contributed by atoms with Crippen LogP contribution in [0.5, 0.6) is 0 Å². The maximum Gasteiger partial charge on any atom is 0.410 e. The van der Waals surface area contributed by atoms with E-state index >= 15 is 0 Å². The second-order valence-corrected chi connectivity index (χ2v) is 16.6. The van der Waals surface area contributed by atoms with Gasteiger partial charge < -0.3 is 29.7 Å². The summed E-state index contributed by atoms with van der Waals surface area (Å²) in [6.45, 7) is 14.6. The predicted octanol–water partition coefficient (Wildman–Crippen LogP) is 7.41. The molecule has 0 spiro atoms. The molecular formula is C42H59N3O8. The Kier molecular flexibility index (Phi) is 14.1. The minimum absolute atomic E-state index is 0.0207. The molecule has 290 valence electrons. The summed E-state index contributed by atoms with van der Waals surface area (Å²) in [4.78, 5) is 65.4. The van der Waals surface area contributed by atoms with Crippen molar-refractivity contribution in [2.75, 3.05) is 26.7 Å². The number of rotatable bonds is 11. The number of esters is 1. The number of ketones is 1. The molecule has 1 saturated carbocycles. The first-order chi connectivity index (χ1) is 24.9. The van der Waals surface area contributed by atoms with Crippen LogP contribution >= 0.6 is 0 Å². The van der Waals surface area contributed by atoms with Crippen LogP contribution in [0.25, 0.3) is 11.1 Å². The third-order valence-corrected chi connectivity index (χ3v) is 9.94. The van der Waals surface area contributed by atoms with Crippen molar-refractivity contribution in [3.05, 3.63) is 59.2 Å². The van der Waals surface area contributed by atoms with E-state index in [9.17, 15) is 24.0 Å². The summed E-state index contributed by atoms with van der Waals surface area (Å²) in [6.07, 6.45) is 4.23. The molecule has 1 heterocycles. The number of carbonyl (C=O) groups is 5. The Morgan fingerprint density at radius 3 is 2.02 bits per heavy atom. The van der Waals surface area contributed by atoms with Crippen LogP contribution in [0.2, 0.25) is 0 Å². The summed E-state index contributed by atoms with van der Waals surface area (Å²) in [7, 11) is 1.35. The van der Waals surface area contributed by atoms with Crippen LogP contribution in [-0.4, -0.2) is 78.7 Å². The lowest BCUT2D eigenvalue weighted by molar-refractivity contribution is -0.147. The van der Waals surface area contributed by atoms with Crippen LogP contribution in [0.15, 0.2) is 42.5 Å². The minimum Gasteiger partial charge on any atom is -0.469 e. The zero-order chi connectivity index (χ0) is 38.9. The first kappa shape index (κ1) is 41.3. The van der Waals surface area contributed by atoms with Gasteiger partial charge in [-0.25, -0.2) is 9.59 Å². The fourth-order valence-corrected chi connectivity index (χ4v) is 7.08. The minimum atomic E-state index is -0.575. The van der Waals surface area contributed by atoms with Gasteiger partial charge in [-0.1, -0.05) is 30.3 Å². The van der Waals surface area contributed by atoms with Gasteiger partial charge in [-0.15, -0.1) is 0 Å². The number of likely N-dealkylation sites (tertiary alicyclic amines) is 1. The predicted molar refractivity (Wildman–Crippen MR) is 203 cm³/mol. The van der Waals surface area contributed by atoms with Crippen molar-refractivity contribution in [2.45, 2.75) is 117 Å². The molecule has 3 amide bonds. The number of nitrogens with one attached hydrogen (secondary N) is 2. The van der Waals surface area contributed by atoms with Crippen molar-refractivity contribution in [3.8, 4) is 11.1 Å². The summed E-state index contributed by atoms with van der Waals surface area (Å²) in [5.74, 6) is -0.836. The molecule has 2 N–H and O–H groups in total. The number of Topliss-reactive ketones (excluding diaryl/α,β-unsaturated/α-hetero) is 1. The lowest BCUT2D eigenvalue weighted by Crippen LogP contribution is -2.47. The van der Waals surface area contributed by atoms with E-state index in [1.54, 1.807) is 4.90 Å². The van der Waals surface area contributed by atoms with Gasteiger partial charge in [-0.3, -0.25) is 14.4 Å². The molecule has 0 aromatic heterocycles. The quantitative estimate of drug-likeness (QED) is 0.180. The van der Waals surface area contributed by atoms with Gasteiger partial charge in [0.1, 0.15) is 17.0 Å². The maximum absolute atomic E-state index is 13.3. The van der Waals surface area contributed by atoms with E-state index in [1.165, 1.54) is 7.11 Å². The number of benzene rings is 2. The summed E-state index contributed by atoms with van der Waals surface area (Å²) in [5, 5.41) is 5.97. The normalized spacial score (nSPS) is 18.8. The molecule has 11 nitrogen and oxygen atoms in total. The Balaban J connectivity index is 1.27. The first-order valence-corrected chi connectivity index (χ1v) is 19.0. The molecule has 0 radical (unpaired) electrons. The van der Waals surface area contributed by atoms with Crippen molar-refractivity contribution in [1.82, 2.24) is 15.5 Å². The zero-order valence-electron chi connectivity index (χ0n) is 32.8. The summed E-state index contributed by atoms with van der Waals surface area (Å²) in [5.41, 5.74) is 3.35. The smallest absolute Gasteiger partial charge is 0.410 e. The highest BCUT2D eigenvalue weighted by Crippen LogP contribution is 2.32. The second-order valence-electron chi connectivity index (χ2n) is 16.6. The van der Waals surface area contributed by atoms with Crippen LogP contribution in [0.1, 0.15) is 108 Å². The van der Waals surface area contributed by atoms with Crippen molar-refractivity contribution in [2.24, 2.45) is 17.8 Å². The van der Waals surface area contributed by atoms with Gasteiger partial charge in [0.05, 0.1) is 13.0 Å². The van der Waals surface area contributed by atoms with Gasteiger partial charge in [0, 0.05) is 43.6 Å². The second kappa shape index (κ2) is 18.1. The molecule has 4 rings (SSSR count). The standard InChI is InChI=1S/C42H59N3O8/c1-27-23-32(37(47)44-34-19-21-45(22-20-34)40(50)53-42(5,6)7)17-18-35(27)30-13-9-28(10-14-30)24-33(38(48)51-8)25-36(46)31-15-11-29(12-16-31)26-43-39(49)52-41(2,3)4/h9-10,13-14,17-18,23,29,31,33-34H,11-12,15-16,19-22,24-26H2,1-8H3,(H,43,49)(H,44,47)/t29?,31?,33-/m1/s1. The fourth-order valence-electron chi connectivity index (χ4n) is 7.08. The molecule has 2 fully saturated rings. The van der Waals surface area contributed by atoms with Crippen LogP contribution in [-0.2, 0) is 30.2 Å². The Labute approximate surface area is 314 Å². The van der Waals surface area contributed by atoms with E-state index in [-0.39, 0.29) is 36.2 Å². The van der Waals surface area contributed by atoms with Gasteiger partial charge in [0.25, 0.3) is 5.91 Å². The van der Waals surface area contributed by atoms with Crippen LogP contribution in [0.4, 0.5) is 9.59 Å². The van der Waals surface area contributed by atoms with Crippen molar-refractivity contribution < 1.29 is 38.2 Å². The summed E-state index contributed by atoms with van der Waals surface area (Å²) in [6, 6.07) is 13.6. The first-order valence-electron chi connectivity index (χ1n) is 19.0. The zero-order valence-corrected chi connectivity index (χ0v) is 32.8. The van der Waals surface area contributed by atoms with Crippen molar-refractivity contribution in [3.63, 3.8) is 0 Å². The molecule has 0 bridgehead atoms. The number of piperidine rings is 1. The van der Waals surface area contributed by atoms with Crippen molar-refractivity contribution >= 4 is 29.8 Å². The summed E-state index contributed by atoms with van der Waals surface area (Å²) < 4.78 is 15.9. The van der Waals surface area contributed by atoms with Crippen molar-refractivity contribution in [1.29, 1.82) is 0 Å². The number of hydrogen-bond acceptors (Lipinski definition) is 8. The largest absolute Gasteiger partial charge is 0.469 e. The fraction of sp³-hybridized carbons (Fsp3) is 0.595. The van der Waals surface area contributed by atoms with E-state index in [1.807, 2.05) is 90.9 Å². The highest BCUT2D eigenvalue weighted by atomic mass is 16.6. The SMILES string of the molecule is COC(=O)[C@@H](CC(=O)C1CCC(CNC(=O)OC(C)(C)C)CC1)Cc1ccc(-c2ccc(C(=O)NC3CCN(C(=O)OC(C)(C)C)CC3)cc2C)cc1. The molecule has 1 aliphatic heterocycles. The molecule has 53 heavy (non-hydrogen) atoms. The monoisotopic (exact) mass is 733 g/mol. The number of alkyl carbamates (subject to hydrolysis) is 1. The van der Waals surface area contributed by atoms with Crippen LogP contribution in [0.3, 0.4) is 0 Å². The van der Waals surface area contributed by atoms with Crippen LogP contribution < -0.4 is 10.6 Å². The number of amides is 3. The number of carbonyl (C=O) groups excluding carboxylic acids is 5. The average molecular weight is 734 g/mol. The Morgan fingerprint density at radius 2 is 1.45 bits per heavy atom. The molecule has 2 aliphatic rings. The van der Waals surface area contributed by atoms with Gasteiger partial charge in [-0.05, 0) is 134 Å². The van der Waals surface area contributed by atoms with Gasteiger partial charge in [0.15, 0.2) is 0 Å². The Hall–Kier alpha value is -4.41. The summed E-state index contributed by atoms with van der Waals surface area (Å²) >= 11 is 0. The Morgan fingerprint density at radius 1 is 0.830 bits per heavy atom. The molecule has 2 aromatic rings. The highest BCUT2D eigenvalue weighted by Gasteiger charge is 2.31. The maximum atomic E-state index is 13.3. The third-order valence-electron chi connectivity index (χ3n) is 9.94. The lowest BCUT2D eigenvalue weighted by atomic mass is 9.77. The van der Waals surface area contributed by atoms with E-state index < -0.39 is 29.2 Å². The Bertz CT molecular complexity index is 1590.